The predicted molar refractivity (Wildman–Crippen MR) is 270 cm³/mol. The maximum atomic E-state index is 12.8. The Morgan fingerprint density at radius 3 is 1.10 bits per heavy atom. The van der Waals surface area contributed by atoms with Crippen molar-refractivity contribution in [3.8, 4) is 0 Å². The Labute approximate surface area is 387 Å². The summed E-state index contributed by atoms with van der Waals surface area (Å²) in [4.78, 5) is 25.4. The van der Waals surface area contributed by atoms with E-state index in [1.807, 2.05) is 0 Å². The van der Waals surface area contributed by atoms with Gasteiger partial charge in [0.2, 0.25) is 0 Å². The number of allylic oxidation sites excluding steroid dienone is 4. The summed E-state index contributed by atoms with van der Waals surface area (Å²) in [6.07, 6.45) is 63.4. The standard InChI is InChI=1S/C57H108O5/c1-4-7-10-13-16-19-21-23-25-27-28-29-31-33-35-37-40-43-46-49-52-60-53-55(62-57(59)51-48-45-42-38-18-15-12-9-6-3)54-61-56(58)50-47-44-41-39-36-34-32-30-26-24-22-20-17-14-11-8-5-2/h16,19,23,25,55H,4-15,17-18,20-22,24,26-54H2,1-3H3/b19-16-,25-23-. The molecule has 0 amide bonds. The number of unbranched alkanes of at least 4 members (excludes halogenated alkanes) is 37. The number of esters is 2. The minimum Gasteiger partial charge on any atom is -0.462 e. The molecule has 0 saturated heterocycles. The molecule has 1 atom stereocenters. The van der Waals surface area contributed by atoms with Crippen LogP contribution < -0.4 is 0 Å². The molecule has 1 unspecified atom stereocenters. The predicted octanol–water partition coefficient (Wildman–Crippen LogP) is 18.8. The largest absolute Gasteiger partial charge is 0.462 e. The molecule has 0 aromatic rings. The van der Waals surface area contributed by atoms with Crippen LogP contribution in [0.3, 0.4) is 0 Å². The Kier molecular flexibility index (Phi) is 52.3. The first-order valence-electron chi connectivity index (χ1n) is 27.9. The summed E-state index contributed by atoms with van der Waals surface area (Å²) in [7, 11) is 0. The molecular weight excluding hydrogens is 765 g/mol. The number of hydrogen-bond donors (Lipinski definition) is 0. The second-order valence-corrected chi connectivity index (χ2v) is 18.9. The first-order chi connectivity index (χ1) is 30.6. The molecule has 0 heterocycles. The van der Waals surface area contributed by atoms with Crippen LogP contribution in [0.4, 0.5) is 0 Å². The summed E-state index contributed by atoms with van der Waals surface area (Å²) in [5, 5.41) is 0. The van der Waals surface area contributed by atoms with Crippen molar-refractivity contribution >= 4 is 11.9 Å². The van der Waals surface area contributed by atoms with Crippen LogP contribution in [0.1, 0.15) is 303 Å². The van der Waals surface area contributed by atoms with E-state index in [1.54, 1.807) is 0 Å². The van der Waals surface area contributed by atoms with E-state index in [-0.39, 0.29) is 18.5 Å². The first kappa shape index (κ1) is 60.4. The maximum absolute atomic E-state index is 12.8. The van der Waals surface area contributed by atoms with E-state index in [4.69, 9.17) is 14.2 Å². The van der Waals surface area contributed by atoms with E-state index in [0.717, 1.165) is 44.9 Å². The van der Waals surface area contributed by atoms with Gasteiger partial charge in [0.1, 0.15) is 6.61 Å². The van der Waals surface area contributed by atoms with Crippen LogP contribution >= 0.6 is 0 Å². The zero-order chi connectivity index (χ0) is 44.9. The van der Waals surface area contributed by atoms with Gasteiger partial charge >= 0.3 is 11.9 Å². The fourth-order valence-corrected chi connectivity index (χ4v) is 8.31. The molecule has 0 N–H and O–H groups in total. The minimum atomic E-state index is -0.529. The van der Waals surface area contributed by atoms with Crippen LogP contribution in [-0.4, -0.2) is 37.9 Å². The highest BCUT2D eigenvalue weighted by atomic mass is 16.6. The highest BCUT2D eigenvalue weighted by molar-refractivity contribution is 5.70. The molecule has 0 spiro atoms. The van der Waals surface area contributed by atoms with Crippen molar-refractivity contribution in [2.24, 2.45) is 0 Å². The number of carbonyl (C=O) groups excluding carboxylic acids is 2. The molecule has 5 nitrogen and oxygen atoms in total. The number of carbonyl (C=O) groups is 2. The molecule has 0 aliphatic rings. The molecule has 0 aromatic carbocycles. The summed E-state index contributed by atoms with van der Waals surface area (Å²) in [6.45, 7) is 7.84. The summed E-state index contributed by atoms with van der Waals surface area (Å²) >= 11 is 0. The zero-order valence-electron chi connectivity index (χ0n) is 42.2. The summed E-state index contributed by atoms with van der Waals surface area (Å²) < 4.78 is 17.4. The van der Waals surface area contributed by atoms with Crippen LogP contribution in [0, 0.1) is 0 Å². The molecule has 0 fully saturated rings. The lowest BCUT2D eigenvalue weighted by Crippen LogP contribution is -2.30. The summed E-state index contributed by atoms with van der Waals surface area (Å²) in [5.74, 6) is -0.380. The summed E-state index contributed by atoms with van der Waals surface area (Å²) in [5.41, 5.74) is 0. The SMILES string of the molecule is CCCCC/C=C\C/C=C\CCCCCCCCCCCCOCC(COC(=O)CCCCCCCCCCCCCCCCCCC)OC(=O)CCCCCCCCCCC. The van der Waals surface area contributed by atoms with E-state index in [2.05, 4.69) is 45.1 Å². The lowest BCUT2D eigenvalue weighted by molar-refractivity contribution is -0.163. The molecule has 0 bridgehead atoms. The minimum absolute atomic E-state index is 0.0921. The maximum Gasteiger partial charge on any atom is 0.306 e. The smallest absolute Gasteiger partial charge is 0.306 e. The average molecular weight is 873 g/mol. The highest BCUT2D eigenvalue weighted by Crippen LogP contribution is 2.16. The molecule has 0 aliphatic heterocycles. The van der Waals surface area contributed by atoms with Crippen LogP contribution in [0.15, 0.2) is 24.3 Å². The third kappa shape index (κ3) is 51.0. The van der Waals surface area contributed by atoms with Gasteiger partial charge in [0.05, 0.1) is 6.61 Å². The zero-order valence-corrected chi connectivity index (χ0v) is 42.2. The molecular formula is C57H108O5. The third-order valence-electron chi connectivity index (χ3n) is 12.5. The van der Waals surface area contributed by atoms with Gasteiger partial charge in [-0.15, -0.1) is 0 Å². The molecule has 0 saturated carbocycles. The van der Waals surface area contributed by atoms with Crippen molar-refractivity contribution in [2.75, 3.05) is 19.8 Å². The Morgan fingerprint density at radius 2 is 0.677 bits per heavy atom. The van der Waals surface area contributed by atoms with Gasteiger partial charge in [-0.25, -0.2) is 0 Å². The van der Waals surface area contributed by atoms with Gasteiger partial charge in [0, 0.05) is 19.4 Å². The van der Waals surface area contributed by atoms with Gasteiger partial charge < -0.3 is 14.2 Å². The molecule has 366 valence electrons. The lowest BCUT2D eigenvalue weighted by Gasteiger charge is -2.18. The first-order valence-corrected chi connectivity index (χ1v) is 27.9. The van der Waals surface area contributed by atoms with Crippen LogP contribution in [0.25, 0.3) is 0 Å². The molecule has 5 heteroatoms. The Hall–Kier alpha value is -1.62. The monoisotopic (exact) mass is 873 g/mol. The van der Waals surface area contributed by atoms with Crippen molar-refractivity contribution in [3.63, 3.8) is 0 Å². The van der Waals surface area contributed by atoms with Crippen molar-refractivity contribution in [1.82, 2.24) is 0 Å². The van der Waals surface area contributed by atoms with Crippen molar-refractivity contribution in [3.05, 3.63) is 24.3 Å². The summed E-state index contributed by atoms with van der Waals surface area (Å²) in [6, 6.07) is 0. The Balaban J connectivity index is 4.11. The number of rotatable bonds is 52. The average Bonchev–Trinajstić information content (AvgIpc) is 3.27. The topological polar surface area (TPSA) is 61.8 Å². The Bertz CT molecular complexity index is 943. The molecule has 0 radical (unpaired) electrons. The van der Waals surface area contributed by atoms with Crippen LogP contribution in [-0.2, 0) is 23.8 Å². The van der Waals surface area contributed by atoms with Crippen molar-refractivity contribution < 1.29 is 23.8 Å². The van der Waals surface area contributed by atoms with Gasteiger partial charge in [-0.1, -0.05) is 263 Å². The van der Waals surface area contributed by atoms with E-state index in [0.29, 0.717) is 26.1 Å². The van der Waals surface area contributed by atoms with Crippen molar-refractivity contribution in [1.29, 1.82) is 0 Å². The van der Waals surface area contributed by atoms with Crippen LogP contribution in [0.2, 0.25) is 0 Å². The number of ether oxygens (including phenoxy) is 3. The second kappa shape index (κ2) is 53.7. The van der Waals surface area contributed by atoms with Gasteiger partial charge in [0.25, 0.3) is 0 Å². The van der Waals surface area contributed by atoms with E-state index < -0.39 is 6.10 Å². The molecule has 0 aromatic heterocycles. The van der Waals surface area contributed by atoms with Gasteiger partial charge in [-0.3, -0.25) is 9.59 Å². The quantitative estimate of drug-likeness (QED) is 0.0346. The van der Waals surface area contributed by atoms with Gasteiger partial charge in [0.15, 0.2) is 6.10 Å². The third-order valence-corrected chi connectivity index (χ3v) is 12.5. The molecule has 0 rings (SSSR count). The van der Waals surface area contributed by atoms with E-state index in [1.165, 1.54) is 225 Å². The van der Waals surface area contributed by atoms with Crippen molar-refractivity contribution in [2.45, 2.75) is 309 Å². The van der Waals surface area contributed by atoms with Gasteiger partial charge in [-0.05, 0) is 51.4 Å². The van der Waals surface area contributed by atoms with Crippen LogP contribution in [0.5, 0.6) is 0 Å². The number of hydrogen-bond acceptors (Lipinski definition) is 5. The lowest BCUT2D eigenvalue weighted by atomic mass is 10.0. The Morgan fingerprint density at radius 1 is 0.355 bits per heavy atom. The molecule has 62 heavy (non-hydrogen) atoms. The highest BCUT2D eigenvalue weighted by Gasteiger charge is 2.17. The normalized spacial score (nSPS) is 12.2. The fourth-order valence-electron chi connectivity index (χ4n) is 8.31. The fraction of sp³-hybridized carbons (Fsp3) is 0.895. The van der Waals surface area contributed by atoms with E-state index >= 15 is 0 Å². The van der Waals surface area contributed by atoms with Gasteiger partial charge in [-0.2, -0.15) is 0 Å². The molecule has 0 aliphatic carbocycles. The van der Waals surface area contributed by atoms with E-state index in [9.17, 15) is 9.59 Å². The second-order valence-electron chi connectivity index (χ2n) is 18.9.